The van der Waals surface area contributed by atoms with Crippen LogP contribution in [0.3, 0.4) is 0 Å². The fraction of sp³-hybridized carbons (Fsp3) is 0.222. The van der Waals surface area contributed by atoms with Crippen molar-refractivity contribution in [2.24, 2.45) is 0 Å². The van der Waals surface area contributed by atoms with Crippen molar-refractivity contribution in [3.8, 4) is 0 Å². The molecule has 0 aliphatic rings. The topological polar surface area (TPSA) is 76.5 Å². The summed E-state index contributed by atoms with van der Waals surface area (Å²) in [5, 5.41) is 4.01. The van der Waals surface area contributed by atoms with E-state index in [0.717, 1.165) is 0 Å². The second-order valence-electron chi connectivity index (χ2n) is 3.48. The van der Waals surface area contributed by atoms with E-state index >= 15 is 0 Å². The maximum atomic E-state index is 11.9. The zero-order chi connectivity index (χ0) is 11.9. The van der Waals surface area contributed by atoms with Crippen LogP contribution in [-0.2, 0) is 0 Å². The second-order valence-corrected chi connectivity index (χ2v) is 4.34. The van der Waals surface area contributed by atoms with E-state index in [4.69, 9.17) is 5.73 Å². The molecule has 84 valence electrons. The third kappa shape index (κ3) is 1.53. The van der Waals surface area contributed by atoms with E-state index in [0.29, 0.717) is 21.5 Å². The molecule has 2 heterocycles. The minimum Gasteiger partial charge on any atom is -0.382 e. The van der Waals surface area contributed by atoms with Gasteiger partial charge < -0.3 is 10.6 Å². The first-order chi connectivity index (χ1) is 7.52. The Labute approximate surface area is 100 Å². The van der Waals surface area contributed by atoms with E-state index in [-0.39, 0.29) is 5.91 Å². The number of amides is 1. The number of anilines is 1. The van der Waals surface area contributed by atoms with Crippen molar-refractivity contribution in [2.45, 2.75) is 0 Å². The van der Waals surface area contributed by atoms with Crippen molar-refractivity contribution in [1.82, 2.24) is 19.5 Å². The highest BCUT2D eigenvalue weighted by atomic mass is 79.9. The Hall–Kier alpha value is -1.63. The predicted molar refractivity (Wildman–Crippen MR) is 63.1 cm³/mol. The van der Waals surface area contributed by atoms with Gasteiger partial charge in [-0.2, -0.15) is 5.10 Å². The standard InChI is InChI=1S/C9H10BrN5O/c1-14(2)9(16)6-3-5(10)7-8(11)12-4-13-15(6)7/h3-4H,1-2H3,(H2,11,12,13). The molecule has 0 radical (unpaired) electrons. The smallest absolute Gasteiger partial charge is 0.272 e. The van der Waals surface area contributed by atoms with Gasteiger partial charge in [0.25, 0.3) is 5.91 Å². The van der Waals surface area contributed by atoms with Crippen LogP contribution in [0.15, 0.2) is 16.9 Å². The lowest BCUT2D eigenvalue weighted by atomic mass is 10.4. The summed E-state index contributed by atoms with van der Waals surface area (Å²) in [6.45, 7) is 0. The summed E-state index contributed by atoms with van der Waals surface area (Å²) < 4.78 is 2.19. The zero-order valence-electron chi connectivity index (χ0n) is 8.81. The molecule has 0 spiro atoms. The van der Waals surface area contributed by atoms with Crippen molar-refractivity contribution in [2.75, 3.05) is 19.8 Å². The average Bonchev–Trinajstić information content (AvgIpc) is 2.56. The number of nitrogens with two attached hydrogens (primary N) is 1. The lowest BCUT2D eigenvalue weighted by Crippen LogP contribution is -2.23. The molecule has 0 aliphatic carbocycles. The Morgan fingerprint density at radius 3 is 2.88 bits per heavy atom. The van der Waals surface area contributed by atoms with Crippen LogP contribution in [0.1, 0.15) is 10.5 Å². The highest BCUT2D eigenvalue weighted by molar-refractivity contribution is 9.10. The molecule has 0 aromatic carbocycles. The highest BCUT2D eigenvalue weighted by Gasteiger charge is 2.18. The number of rotatable bonds is 1. The maximum Gasteiger partial charge on any atom is 0.272 e. The Kier molecular flexibility index (Phi) is 2.55. The van der Waals surface area contributed by atoms with E-state index in [1.807, 2.05) is 0 Å². The maximum absolute atomic E-state index is 11.9. The van der Waals surface area contributed by atoms with Crippen LogP contribution in [0.4, 0.5) is 5.82 Å². The molecule has 1 amide bonds. The molecule has 7 heteroatoms. The second kappa shape index (κ2) is 3.75. The number of carbonyl (C=O) groups is 1. The fourth-order valence-corrected chi connectivity index (χ4v) is 1.99. The molecule has 0 bridgehead atoms. The van der Waals surface area contributed by atoms with Gasteiger partial charge in [-0.3, -0.25) is 4.79 Å². The van der Waals surface area contributed by atoms with Gasteiger partial charge in [-0.1, -0.05) is 0 Å². The summed E-state index contributed by atoms with van der Waals surface area (Å²) in [5.74, 6) is 0.193. The molecule has 0 fully saturated rings. The van der Waals surface area contributed by atoms with Crippen molar-refractivity contribution in [1.29, 1.82) is 0 Å². The Bertz CT molecular complexity index is 562. The first-order valence-corrected chi connectivity index (χ1v) is 5.31. The minimum absolute atomic E-state index is 0.140. The molecule has 0 saturated carbocycles. The number of aromatic nitrogens is 3. The van der Waals surface area contributed by atoms with Crippen LogP contribution in [0.25, 0.3) is 5.52 Å². The molecule has 2 aromatic rings. The van der Waals surface area contributed by atoms with Gasteiger partial charge >= 0.3 is 0 Å². The molecule has 0 saturated heterocycles. The molecule has 0 atom stereocenters. The molecule has 2 N–H and O–H groups in total. The van der Waals surface area contributed by atoms with Gasteiger partial charge in [0, 0.05) is 18.6 Å². The van der Waals surface area contributed by atoms with Gasteiger partial charge in [0.2, 0.25) is 0 Å². The minimum atomic E-state index is -0.140. The van der Waals surface area contributed by atoms with E-state index in [9.17, 15) is 4.79 Å². The predicted octanol–water partition coefficient (Wildman–Crippen LogP) is 0.776. The number of hydrogen-bond donors (Lipinski definition) is 1. The van der Waals surface area contributed by atoms with Gasteiger partial charge in [0.05, 0.1) is 0 Å². The number of nitrogen functional groups attached to an aromatic ring is 1. The Morgan fingerprint density at radius 1 is 1.56 bits per heavy atom. The first kappa shape index (κ1) is 10.9. The van der Waals surface area contributed by atoms with Gasteiger partial charge in [-0.25, -0.2) is 9.50 Å². The molecule has 0 unspecified atom stereocenters. The van der Waals surface area contributed by atoms with E-state index in [2.05, 4.69) is 26.0 Å². The summed E-state index contributed by atoms with van der Waals surface area (Å²) in [6.07, 6.45) is 1.32. The molecular formula is C9H10BrN5O. The number of hydrogen-bond acceptors (Lipinski definition) is 4. The van der Waals surface area contributed by atoms with Crippen molar-refractivity contribution in [3.05, 3.63) is 22.6 Å². The van der Waals surface area contributed by atoms with Crippen LogP contribution in [0, 0.1) is 0 Å². The number of carbonyl (C=O) groups excluding carboxylic acids is 1. The van der Waals surface area contributed by atoms with Gasteiger partial charge in [-0.05, 0) is 22.0 Å². The molecule has 0 aliphatic heterocycles. The Balaban J connectivity index is 2.74. The molecule has 6 nitrogen and oxygen atoms in total. The van der Waals surface area contributed by atoms with Crippen molar-refractivity contribution < 1.29 is 4.79 Å². The van der Waals surface area contributed by atoms with Crippen LogP contribution >= 0.6 is 15.9 Å². The third-order valence-electron chi connectivity index (χ3n) is 2.16. The van der Waals surface area contributed by atoms with Gasteiger partial charge in [-0.15, -0.1) is 0 Å². The summed E-state index contributed by atoms with van der Waals surface area (Å²) in [4.78, 5) is 17.2. The molecule has 16 heavy (non-hydrogen) atoms. The number of fused-ring (bicyclic) bond motifs is 1. The Morgan fingerprint density at radius 2 is 2.25 bits per heavy atom. The summed E-state index contributed by atoms with van der Waals surface area (Å²) in [5.41, 5.74) is 6.77. The third-order valence-corrected chi connectivity index (χ3v) is 2.77. The summed E-state index contributed by atoms with van der Waals surface area (Å²) in [7, 11) is 3.36. The fourth-order valence-electron chi connectivity index (χ4n) is 1.40. The molecule has 2 aromatic heterocycles. The van der Waals surface area contributed by atoms with Gasteiger partial charge in [0.15, 0.2) is 5.82 Å². The van der Waals surface area contributed by atoms with Crippen LogP contribution in [-0.4, -0.2) is 39.5 Å². The number of nitrogens with zero attached hydrogens (tertiary/aromatic N) is 4. The monoisotopic (exact) mass is 283 g/mol. The number of halogens is 1. The molecule has 2 rings (SSSR count). The lowest BCUT2D eigenvalue weighted by molar-refractivity contribution is 0.0819. The van der Waals surface area contributed by atoms with Gasteiger partial charge in [0.1, 0.15) is 17.5 Å². The van der Waals surface area contributed by atoms with Crippen LogP contribution in [0.5, 0.6) is 0 Å². The van der Waals surface area contributed by atoms with Crippen LogP contribution in [0.2, 0.25) is 0 Å². The SMILES string of the molecule is CN(C)C(=O)c1cc(Br)c2c(N)ncnn12. The average molecular weight is 284 g/mol. The van der Waals surface area contributed by atoms with E-state index < -0.39 is 0 Å². The normalized spacial score (nSPS) is 10.7. The summed E-state index contributed by atoms with van der Waals surface area (Å²) >= 11 is 3.33. The van der Waals surface area contributed by atoms with Crippen molar-refractivity contribution in [3.63, 3.8) is 0 Å². The zero-order valence-corrected chi connectivity index (χ0v) is 10.4. The van der Waals surface area contributed by atoms with E-state index in [1.165, 1.54) is 15.7 Å². The molecular weight excluding hydrogens is 274 g/mol. The van der Waals surface area contributed by atoms with E-state index in [1.54, 1.807) is 20.2 Å². The van der Waals surface area contributed by atoms with Crippen molar-refractivity contribution >= 4 is 33.2 Å². The first-order valence-electron chi connectivity index (χ1n) is 4.51. The quantitative estimate of drug-likeness (QED) is 0.839. The highest BCUT2D eigenvalue weighted by Crippen LogP contribution is 2.25. The lowest BCUT2D eigenvalue weighted by Gasteiger charge is -2.09. The largest absolute Gasteiger partial charge is 0.382 e. The van der Waals surface area contributed by atoms with Crippen LogP contribution < -0.4 is 5.73 Å². The summed E-state index contributed by atoms with van der Waals surface area (Å²) in [6, 6.07) is 1.68.